The summed E-state index contributed by atoms with van der Waals surface area (Å²) >= 11 is 3.21. The summed E-state index contributed by atoms with van der Waals surface area (Å²) in [7, 11) is 0. The highest BCUT2D eigenvalue weighted by Crippen LogP contribution is 2.16. The number of nitrogens with zero attached hydrogens (tertiary/aromatic N) is 1. The molecule has 0 atom stereocenters. The number of furan rings is 1. The largest absolute Gasteiger partial charge is 0.444 e. The summed E-state index contributed by atoms with van der Waals surface area (Å²) in [6.45, 7) is 2.98. The Balaban J connectivity index is 1.46. The highest BCUT2D eigenvalue weighted by atomic mass is 79.9. The Morgan fingerprint density at radius 1 is 1.18 bits per heavy atom. The van der Waals surface area contributed by atoms with E-state index in [1.807, 2.05) is 6.07 Å². The third-order valence-electron chi connectivity index (χ3n) is 3.97. The van der Waals surface area contributed by atoms with Crippen LogP contribution >= 0.6 is 15.9 Å². The molecule has 1 amide bonds. The van der Waals surface area contributed by atoms with Crippen molar-refractivity contribution >= 4 is 21.8 Å². The molecule has 0 bridgehead atoms. The zero-order chi connectivity index (χ0) is 15.4. The van der Waals surface area contributed by atoms with Crippen LogP contribution in [0.1, 0.15) is 29.0 Å². The molecule has 1 fully saturated rings. The molecule has 0 saturated carbocycles. The fourth-order valence-electron chi connectivity index (χ4n) is 2.77. The van der Waals surface area contributed by atoms with E-state index in [0.717, 1.165) is 32.5 Å². The lowest BCUT2D eigenvalue weighted by atomic mass is 10.0. The summed E-state index contributed by atoms with van der Waals surface area (Å²) in [5, 5.41) is 3.05. The van der Waals surface area contributed by atoms with E-state index in [0.29, 0.717) is 10.4 Å². The van der Waals surface area contributed by atoms with Gasteiger partial charge in [-0.1, -0.05) is 30.3 Å². The second-order valence-corrected chi connectivity index (χ2v) is 6.39. The topological polar surface area (TPSA) is 45.5 Å². The third kappa shape index (κ3) is 3.99. The molecule has 0 aliphatic carbocycles. The lowest BCUT2D eigenvalue weighted by molar-refractivity contribution is 0.0880. The minimum Gasteiger partial charge on any atom is -0.444 e. The van der Waals surface area contributed by atoms with Gasteiger partial charge in [0.05, 0.1) is 0 Å². The molecule has 0 radical (unpaired) electrons. The van der Waals surface area contributed by atoms with Gasteiger partial charge in [-0.05, 0) is 46.5 Å². The van der Waals surface area contributed by atoms with Crippen molar-refractivity contribution < 1.29 is 9.21 Å². The summed E-state index contributed by atoms with van der Waals surface area (Å²) in [6.07, 6.45) is 1.95. The average molecular weight is 363 g/mol. The number of carbonyl (C=O) groups excluding carboxylic acids is 1. The minimum absolute atomic E-state index is 0.132. The molecule has 3 rings (SSSR count). The van der Waals surface area contributed by atoms with Gasteiger partial charge in [0, 0.05) is 25.7 Å². The van der Waals surface area contributed by atoms with E-state index in [1.54, 1.807) is 12.1 Å². The average Bonchev–Trinajstić information content (AvgIpc) is 2.97. The molecule has 1 aromatic heterocycles. The molecule has 1 saturated heterocycles. The first kappa shape index (κ1) is 15.3. The van der Waals surface area contributed by atoms with Crippen LogP contribution < -0.4 is 5.32 Å². The number of halogens is 1. The van der Waals surface area contributed by atoms with Crippen molar-refractivity contribution in [2.75, 3.05) is 13.1 Å². The van der Waals surface area contributed by atoms with Crippen molar-refractivity contribution in [3.05, 3.63) is 58.5 Å². The van der Waals surface area contributed by atoms with E-state index < -0.39 is 0 Å². The Kier molecular flexibility index (Phi) is 4.95. The van der Waals surface area contributed by atoms with Gasteiger partial charge in [0.2, 0.25) is 0 Å². The molecular formula is C17H19BrN2O2. The Labute approximate surface area is 138 Å². The number of hydrogen-bond acceptors (Lipinski definition) is 3. The summed E-state index contributed by atoms with van der Waals surface area (Å²) in [4.78, 5) is 14.5. The van der Waals surface area contributed by atoms with Crippen LogP contribution in [0.15, 0.2) is 51.6 Å². The van der Waals surface area contributed by atoms with Gasteiger partial charge < -0.3 is 9.73 Å². The van der Waals surface area contributed by atoms with Gasteiger partial charge in [-0.15, -0.1) is 0 Å². The van der Waals surface area contributed by atoms with Crippen LogP contribution in [-0.2, 0) is 6.54 Å². The first-order valence-corrected chi connectivity index (χ1v) is 8.32. The summed E-state index contributed by atoms with van der Waals surface area (Å²) in [5.74, 6) is 0.228. The number of hydrogen-bond donors (Lipinski definition) is 1. The van der Waals surface area contributed by atoms with Gasteiger partial charge in [-0.3, -0.25) is 9.69 Å². The first-order valence-electron chi connectivity index (χ1n) is 7.53. The van der Waals surface area contributed by atoms with Crippen molar-refractivity contribution in [2.24, 2.45) is 0 Å². The Hall–Kier alpha value is -1.59. The zero-order valence-corrected chi connectivity index (χ0v) is 13.9. The Morgan fingerprint density at radius 3 is 2.55 bits per heavy atom. The Morgan fingerprint density at radius 2 is 1.91 bits per heavy atom. The van der Waals surface area contributed by atoms with Gasteiger partial charge >= 0.3 is 0 Å². The maximum absolute atomic E-state index is 12.1. The monoisotopic (exact) mass is 362 g/mol. The van der Waals surface area contributed by atoms with E-state index in [1.165, 1.54) is 5.56 Å². The minimum atomic E-state index is -0.132. The normalized spacial score (nSPS) is 16.6. The SMILES string of the molecule is O=C(NC1CCN(Cc2ccccc2)CC1)c1ccc(Br)o1. The van der Waals surface area contributed by atoms with Crippen molar-refractivity contribution in [1.29, 1.82) is 0 Å². The zero-order valence-electron chi connectivity index (χ0n) is 12.3. The van der Waals surface area contributed by atoms with Crippen LogP contribution in [0, 0.1) is 0 Å². The van der Waals surface area contributed by atoms with Crippen molar-refractivity contribution in [1.82, 2.24) is 10.2 Å². The molecule has 0 spiro atoms. The smallest absolute Gasteiger partial charge is 0.287 e. The third-order valence-corrected chi connectivity index (χ3v) is 4.39. The van der Waals surface area contributed by atoms with Crippen molar-refractivity contribution in [3.8, 4) is 0 Å². The summed E-state index contributed by atoms with van der Waals surface area (Å²) < 4.78 is 5.86. The number of rotatable bonds is 4. The molecule has 2 aromatic rings. The predicted octanol–water partition coefficient (Wildman–Crippen LogP) is 3.44. The molecule has 4 nitrogen and oxygen atoms in total. The number of benzene rings is 1. The molecule has 22 heavy (non-hydrogen) atoms. The van der Waals surface area contributed by atoms with E-state index in [4.69, 9.17) is 4.42 Å². The van der Waals surface area contributed by atoms with Crippen LogP contribution in [0.5, 0.6) is 0 Å². The number of piperidine rings is 1. The molecule has 0 unspecified atom stereocenters. The van der Waals surface area contributed by atoms with E-state index >= 15 is 0 Å². The first-order chi connectivity index (χ1) is 10.7. The second kappa shape index (κ2) is 7.11. The van der Waals surface area contributed by atoms with Gasteiger partial charge in [0.25, 0.3) is 5.91 Å². The highest BCUT2D eigenvalue weighted by Gasteiger charge is 2.22. The fraction of sp³-hybridized carbons (Fsp3) is 0.353. The van der Waals surface area contributed by atoms with Crippen LogP contribution in [0.25, 0.3) is 0 Å². The number of nitrogens with one attached hydrogen (secondary N) is 1. The number of carbonyl (C=O) groups is 1. The van der Waals surface area contributed by atoms with Gasteiger partial charge in [-0.25, -0.2) is 0 Å². The number of amides is 1. The predicted molar refractivity (Wildman–Crippen MR) is 88.6 cm³/mol. The highest BCUT2D eigenvalue weighted by molar-refractivity contribution is 9.10. The molecule has 1 aliphatic rings. The maximum Gasteiger partial charge on any atom is 0.287 e. The molecule has 2 heterocycles. The van der Waals surface area contributed by atoms with Crippen molar-refractivity contribution in [3.63, 3.8) is 0 Å². The van der Waals surface area contributed by atoms with Gasteiger partial charge in [-0.2, -0.15) is 0 Å². The number of likely N-dealkylation sites (tertiary alicyclic amines) is 1. The van der Waals surface area contributed by atoms with E-state index in [2.05, 4.69) is 50.4 Å². The molecule has 1 aromatic carbocycles. The standard InChI is InChI=1S/C17H19BrN2O2/c18-16-7-6-15(22-16)17(21)19-14-8-10-20(11-9-14)12-13-4-2-1-3-5-13/h1-7,14H,8-12H2,(H,19,21). The molecule has 116 valence electrons. The van der Waals surface area contributed by atoms with E-state index in [9.17, 15) is 4.79 Å². The Bertz CT molecular complexity index is 619. The summed E-state index contributed by atoms with van der Waals surface area (Å²) in [6, 6.07) is 14.1. The van der Waals surface area contributed by atoms with E-state index in [-0.39, 0.29) is 11.9 Å². The molecule has 1 N–H and O–H groups in total. The van der Waals surface area contributed by atoms with Crippen molar-refractivity contribution in [2.45, 2.75) is 25.4 Å². The van der Waals surface area contributed by atoms with Crippen LogP contribution in [0.3, 0.4) is 0 Å². The lowest BCUT2D eigenvalue weighted by Gasteiger charge is -2.32. The quantitative estimate of drug-likeness (QED) is 0.905. The molecule has 1 aliphatic heterocycles. The maximum atomic E-state index is 12.1. The lowest BCUT2D eigenvalue weighted by Crippen LogP contribution is -2.44. The van der Waals surface area contributed by atoms with Crippen LogP contribution in [-0.4, -0.2) is 29.9 Å². The fourth-order valence-corrected chi connectivity index (χ4v) is 3.08. The van der Waals surface area contributed by atoms with Crippen LogP contribution in [0.2, 0.25) is 0 Å². The molecule has 5 heteroatoms. The van der Waals surface area contributed by atoms with Gasteiger partial charge in [0.15, 0.2) is 10.4 Å². The second-order valence-electron chi connectivity index (χ2n) is 5.61. The molecular weight excluding hydrogens is 344 g/mol. The van der Waals surface area contributed by atoms with Gasteiger partial charge in [0.1, 0.15) is 0 Å². The van der Waals surface area contributed by atoms with Crippen LogP contribution in [0.4, 0.5) is 0 Å². The summed E-state index contributed by atoms with van der Waals surface area (Å²) in [5.41, 5.74) is 1.34.